The third kappa shape index (κ3) is 2.80. The Kier molecular flexibility index (Phi) is 3.73. The van der Waals surface area contributed by atoms with Gasteiger partial charge in [-0.3, -0.25) is 9.69 Å². The fourth-order valence-electron chi connectivity index (χ4n) is 3.03. The normalized spacial score (nSPS) is 33.9. The first kappa shape index (κ1) is 12.8. The van der Waals surface area contributed by atoms with E-state index in [4.69, 9.17) is 4.74 Å². The van der Waals surface area contributed by atoms with E-state index in [0.717, 1.165) is 19.0 Å². The lowest BCUT2D eigenvalue weighted by atomic mass is 9.92. The molecule has 1 heterocycles. The zero-order valence-corrected chi connectivity index (χ0v) is 11.2. The molecule has 2 atom stereocenters. The number of nitrogens with zero attached hydrogens (tertiary/aromatic N) is 1. The van der Waals surface area contributed by atoms with Crippen LogP contribution in [0, 0.1) is 0 Å². The van der Waals surface area contributed by atoms with Crippen molar-refractivity contribution in [2.45, 2.75) is 57.2 Å². The van der Waals surface area contributed by atoms with Gasteiger partial charge >= 0.3 is 5.97 Å². The number of likely N-dealkylation sites (tertiary alicyclic amines) is 1. The van der Waals surface area contributed by atoms with Crippen LogP contribution < -0.4 is 5.32 Å². The van der Waals surface area contributed by atoms with E-state index in [-0.39, 0.29) is 11.5 Å². The van der Waals surface area contributed by atoms with Crippen molar-refractivity contribution in [3.63, 3.8) is 0 Å². The van der Waals surface area contributed by atoms with E-state index in [9.17, 15) is 4.79 Å². The number of hydrogen-bond donors (Lipinski definition) is 1. The quantitative estimate of drug-likeness (QED) is 0.732. The van der Waals surface area contributed by atoms with Crippen LogP contribution in [0.4, 0.5) is 0 Å². The molecule has 0 aromatic carbocycles. The molecule has 0 aromatic rings. The average molecular weight is 240 g/mol. The Morgan fingerprint density at radius 2 is 2.24 bits per heavy atom. The molecular formula is C13H24N2O2. The van der Waals surface area contributed by atoms with Gasteiger partial charge in [-0.05, 0) is 40.2 Å². The number of esters is 1. The summed E-state index contributed by atoms with van der Waals surface area (Å²) in [7, 11) is 1.96. The molecule has 0 bridgehead atoms. The number of carbonyl (C=O) groups is 1. The van der Waals surface area contributed by atoms with E-state index >= 15 is 0 Å². The molecule has 98 valence electrons. The van der Waals surface area contributed by atoms with Crippen molar-refractivity contribution in [3.8, 4) is 0 Å². The maximum atomic E-state index is 11.7. The third-order valence-corrected chi connectivity index (χ3v) is 4.07. The van der Waals surface area contributed by atoms with E-state index < -0.39 is 0 Å². The van der Waals surface area contributed by atoms with Crippen molar-refractivity contribution < 1.29 is 9.53 Å². The van der Waals surface area contributed by atoms with E-state index in [1.807, 2.05) is 14.0 Å². The summed E-state index contributed by atoms with van der Waals surface area (Å²) in [6, 6.07) is 1.34. The van der Waals surface area contributed by atoms with E-state index in [1.165, 1.54) is 12.8 Å². The number of hydrogen-bond acceptors (Lipinski definition) is 4. The molecule has 0 radical (unpaired) electrons. The zero-order chi connectivity index (χ0) is 12.5. The molecule has 17 heavy (non-hydrogen) atoms. The van der Waals surface area contributed by atoms with E-state index in [1.54, 1.807) is 0 Å². The second kappa shape index (κ2) is 4.94. The van der Waals surface area contributed by atoms with E-state index in [0.29, 0.717) is 19.1 Å². The number of carbonyl (C=O) groups excluding carboxylic acids is 1. The minimum atomic E-state index is -0.0771. The van der Waals surface area contributed by atoms with Crippen molar-refractivity contribution in [1.82, 2.24) is 10.2 Å². The second-order valence-electron chi connectivity index (χ2n) is 5.47. The molecule has 2 unspecified atom stereocenters. The largest absolute Gasteiger partial charge is 0.466 e. The van der Waals surface area contributed by atoms with Gasteiger partial charge in [-0.1, -0.05) is 0 Å². The highest BCUT2D eigenvalue weighted by Gasteiger charge is 2.47. The van der Waals surface area contributed by atoms with Crippen LogP contribution in [0.15, 0.2) is 0 Å². The van der Waals surface area contributed by atoms with Crippen LogP contribution in [-0.2, 0) is 9.53 Å². The first-order chi connectivity index (χ1) is 8.10. The highest BCUT2D eigenvalue weighted by Crippen LogP contribution is 2.38. The third-order valence-electron chi connectivity index (χ3n) is 4.07. The van der Waals surface area contributed by atoms with Gasteiger partial charge < -0.3 is 10.1 Å². The van der Waals surface area contributed by atoms with Gasteiger partial charge in [0.2, 0.25) is 0 Å². The Hall–Kier alpha value is -0.610. The van der Waals surface area contributed by atoms with Gasteiger partial charge in [-0.2, -0.15) is 0 Å². The van der Waals surface area contributed by atoms with Crippen molar-refractivity contribution >= 4 is 5.97 Å². The summed E-state index contributed by atoms with van der Waals surface area (Å²) in [4.78, 5) is 14.2. The molecule has 2 rings (SSSR count). The number of rotatable bonds is 5. The highest BCUT2D eigenvalue weighted by molar-refractivity contribution is 5.71. The van der Waals surface area contributed by atoms with Gasteiger partial charge in [0, 0.05) is 24.2 Å². The summed E-state index contributed by atoms with van der Waals surface area (Å²) in [5.41, 5.74) is -0.0751. The Bertz CT molecular complexity index is 291. The Labute approximate surface area is 104 Å². The van der Waals surface area contributed by atoms with Crippen LogP contribution in [0.3, 0.4) is 0 Å². The minimum absolute atomic E-state index is 0.0751. The van der Waals surface area contributed by atoms with Crippen LogP contribution in [-0.4, -0.2) is 48.7 Å². The molecule has 1 aliphatic heterocycles. The van der Waals surface area contributed by atoms with Gasteiger partial charge in [0.25, 0.3) is 0 Å². The van der Waals surface area contributed by atoms with Crippen LogP contribution in [0.1, 0.15) is 39.5 Å². The van der Waals surface area contributed by atoms with Gasteiger partial charge in [-0.15, -0.1) is 0 Å². The molecule has 0 amide bonds. The zero-order valence-electron chi connectivity index (χ0n) is 11.2. The van der Waals surface area contributed by atoms with E-state index in [2.05, 4.69) is 17.1 Å². The molecule has 1 aliphatic carbocycles. The maximum absolute atomic E-state index is 11.7. The van der Waals surface area contributed by atoms with Gasteiger partial charge in [0.1, 0.15) is 0 Å². The summed E-state index contributed by atoms with van der Waals surface area (Å²) >= 11 is 0. The van der Waals surface area contributed by atoms with Gasteiger partial charge in [-0.25, -0.2) is 0 Å². The summed E-state index contributed by atoms with van der Waals surface area (Å²) in [6.45, 7) is 5.58. The summed E-state index contributed by atoms with van der Waals surface area (Å²) in [5.74, 6) is -0.0771. The first-order valence-electron chi connectivity index (χ1n) is 6.70. The average Bonchev–Trinajstić information content (AvgIpc) is 3.05. The lowest BCUT2D eigenvalue weighted by Gasteiger charge is -2.28. The highest BCUT2D eigenvalue weighted by atomic mass is 16.5. The molecule has 1 saturated carbocycles. The molecular weight excluding hydrogens is 216 g/mol. The van der Waals surface area contributed by atoms with Crippen LogP contribution in [0.25, 0.3) is 0 Å². The predicted octanol–water partition coefficient (Wildman–Crippen LogP) is 1.15. The van der Waals surface area contributed by atoms with Crippen molar-refractivity contribution in [1.29, 1.82) is 0 Å². The first-order valence-corrected chi connectivity index (χ1v) is 6.70. The monoisotopic (exact) mass is 240 g/mol. The molecule has 0 spiro atoms. The molecule has 1 N–H and O–H groups in total. The topological polar surface area (TPSA) is 41.6 Å². The summed E-state index contributed by atoms with van der Waals surface area (Å²) < 4.78 is 5.08. The van der Waals surface area contributed by atoms with Crippen LogP contribution >= 0.6 is 0 Å². The van der Waals surface area contributed by atoms with Crippen molar-refractivity contribution in [2.75, 3.05) is 20.2 Å². The smallest absolute Gasteiger partial charge is 0.307 e. The fraction of sp³-hybridized carbons (Fsp3) is 0.923. The maximum Gasteiger partial charge on any atom is 0.307 e. The second-order valence-corrected chi connectivity index (χ2v) is 5.47. The van der Waals surface area contributed by atoms with Crippen LogP contribution in [0.2, 0.25) is 0 Å². The van der Waals surface area contributed by atoms with Crippen molar-refractivity contribution in [3.05, 3.63) is 0 Å². The minimum Gasteiger partial charge on any atom is -0.466 e. The lowest BCUT2D eigenvalue weighted by Crippen LogP contribution is -2.47. The Morgan fingerprint density at radius 3 is 2.76 bits per heavy atom. The van der Waals surface area contributed by atoms with Gasteiger partial charge in [0.15, 0.2) is 0 Å². The number of ether oxygens (including phenoxy) is 1. The van der Waals surface area contributed by atoms with Crippen molar-refractivity contribution in [2.24, 2.45) is 0 Å². The Balaban J connectivity index is 1.97. The molecule has 4 nitrogen and oxygen atoms in total. The standard InChI is InChI=1S/C13H24N2O2/c1-4-17-12(16)8-13(14-3)7-10(2)15(9-13)11-5-6-11/h10-11,14H,4-9H2,1-3H3. The summed E-state index contributed by atoms with van der Waals surface area (Å²) in [5, 5.41) is 3.37. The predicted molar refractivity (Wildman–Crippen MR) is 66.8 cm³/mol. The summed E-state index contributed by atoms with van der Waals surface area (Å²) in [6.07, 6.45) is 4.18. The van der Waals surface area contributed by atoms with Gasteiger partial charge in [0.05, 0.1) is 13.0 Å². The Morgan fingerprint density at radius 1 is 1.53 bits per heavy atom. The molecule has 2 fully saturated rings. The number of likely N-dealkylation sites (N-methyl/N-ethyl adjacent to an activating group) is 1. The SMILES string of the molecule is CCOC(=O)CC1(NC)CC(C)N(C2CC2)C1. The fourth-order valence-corrected chi connectivity index (χ4v) is 3.03. The molecule has 0 aromatic heterocycles. The number of nitrogens with one attached hydrogen (secondary N) is 1. The molecule has 2 aliphatic rings. The van der Waals surface area contributed by atoms with Crippen LogP contribution in [0.5, 0.6) is 0 Å². The molecule has 4 heteroatoms. The molecule has 1 saturated heterocycles. The lowest BCUT2D eigenvalue weighted by molar-refractivity contribution is -0.144.